The van der Waals surface area contributed by atoms with Crippen molar-refractivity contribution in [2.75, 3.05) is 34.5 Å². The molecule has 0 aliphatic rings. The first kappa shape index (κ1) is 21.7. The van der Waals surface area contributed by atoms with E-state index in [9.17, 15) is 4.79 Å². The van der Waals surface area contributed by atoms with Gasteiger partial charge in [-0.3, -0.25) is 4.79 Å². The summed E-state index contributed by atoms with van der Waals surface area (Å²) in [7, 11) is 5.01. The molecule has 6 nitrogen and oxygen atoms in total. The number of ether oxygens (including phenoxy) is 3. The highest BCUT2D eigenvalue weighted by atomic mass is 16.5. The van der Waals surface area contributed by atoms with Crippen LogP contribution in [0.5, 0.6) is 11.5 Å². The molecular formula is C24H30N2O4. The third kappa shape index (κ3) is 4.94. The van der Waals surface area contributed by atoms with Gasteiger partial charge in [0.1, 0.15) is 0 Å². The lowest BCUT2D eigenvalue weighted by Gasteiger charge is -2.22. The maximum absolute atomic E-state index is 10.7. The summed E-state index contributed by atoms with van der Waals surface area (Å²) < 4.78 is 16.6. The van der Waals surface area contributed by atoms with Gasteiger partial charge in [-0.25, -0.2) is 0 Å². The molecule has 1 amide bonds. The summed E-state index contributed by atoms with van der Waals surface area (Å²) >= 11 is 0. The molecule has 0 saturated heterocycles. The molecule has 0 saturated carbocycles. The number of carbonyl (C=O) groups excluding carboxylic acids is 1. The standard InChI is InChI=1S/C24H30N2O4/c1-28-15-19(9-8-18-14-26-22-7-5-4-6-20(18)22)21-13-24(30-3)23(29-2)12-17(21)10-11-25-16-27/h4-7,12-14,16,19,26H,8-11,15H2,1-3H3,(H,25,27)/t19-/m0/s1. The van der Waals surface area contributed by atoms with Crippen molar-refractivity contribution in [3.63, 3.8) is 0 Å². The Labute approximate surface area is 177 Å². The fraction of sp³-hybridized carbons (Fsp3) is 0.375. The highest BCUT2D eigenvalue weighted by molar-refractivity contribution is 5.83. The molecule has 2 N–H and O–H groups in total. The number of hydrogen-bond donors (Lipinski definition) is 2. The molecule has 0 aliphatic heterocycles. The van der Waals surface area contributed by atoms with E-state index in [1.165, 1.54) is 16.5 Å². The average molecular weight is 411 g/mol. The topological polar surface area (TPSA) is 72.6 Å². The van der Waals surface area contributed by atoms with Crippen LogP contribution in [-0.2, 0) is 22.4 Å². The zero-order valence-electron chi connectivity index (χ0n) is 17.9. The lowest BCUT2D eigenvalue weighted by atomic mass is 9.88. The van der Waals surface area contributed by atoms with Crippen LogP contribution in [0.3, 0.4) is 0 Å². The third-order valence-corrected chi connectivity index (χ3v) is 5.51. The summed E-state index contributed by atoms with van der Waals surface area (Å²) in [5, 5.41) is 4.01. The number of rotatable bonds is 12. The minimum absolute atomic E-state index is 0.190. The molecule has 0 spiro atoms. The molecule has 0 radical (unpaired) electrons. The molecule has 30 heavy (non-hydrogen) atoms. The average Bonchev–Trinajstić information content (AvgIpc) is 3.19. The smallest absolute Gasteiger partial charge is 0.207 e. The fourth-order valence-electron chi connectivity index (χ4n) is 4.00. The molecule has 0 fully saturated rings. The van der Waals surface area contributed by atoms with Gasteiger partial charge in [-0.05, 0) is 54.2 Å². The Morgan fingerprint density at radius 1 is 1.03 bits per heavy atom. The number of methoxy groups -OCH3 is 3. The highest BCUT2D eigenvalue weighted by Gasteiger charge is 2.20. The van der Waals surface area contributed by atoms with Crippen LogP contribution >= 0.6 is 0 Å². The quantitative estimate of drug-likeness (QED) is 0.352. The molecule has 2 aromatic carbocycles. The van der Waals surface area contributed by atoms with Gasteiger partial charge < -0.3 is 24.5 Å². The van der Waals surface area contributed by atoms with E-state index >= 15 is 0 Å². The maximum Gasteiger partial charge on any atom is 0.207 e. The maximum atomic E-state index is 10.7. The number of nitrogens with one attached hydrogen (secondary N) is 2. The molecule has 1 heterocycles. The SMILES string of the molecule is COC[C@H](CCc1c[nH]c2ccccc12)c1cc(OC)c(OC)cc1CCNC=O. The predicted molar refractivity (Wildman–Crippen MR) is 119 cm³/mol. The normalized spacial score (nSPS) is 12.0. The zero-order chi connectivity index (χ0) is 21.3. The predicted octanol–water partition coefficient (Wildman–Crippen LogP) is 3.84. The van der Waals surface area contributed by atoms with Crippen molar-refractivity contribution in [3.8, 4) is 11.5 Å². The first-order chi connectivity index (χ1) is 14.7. The Morgan fingerprint density at radius 2 is 1.80 bits per heavy atom. The summed E-state index contributed by atoms with van der Waals surface area (Å²) in [5.74, 6) is 1.58. The molecule has 3 aromatic rings. The number of aryl methyl sites for hydroxylation is 1. The van der Waals surface area contributed by atoms with Crippen molar-refractivity contribution >= 4 is 17.3 Å². The molecule has 6 heteroatoms. The van der Waals surface area contributed by atoms with E-state index in [0.717, 1.165) is 30.3 Å². The molecule has 1 atom stereocenters. The zero-order valence-corrected chi connectivity index (χ0v) is 17.9. The van der Waals surface area contributed by atoms with Crippen molar-refractivity contribution in [2.45, 2.75) is 25.2 Å². The number of hydrogen-bond acceptors (Lipinski definition) is 4. The molecule has 1 aromatic heterocycles. The molecule has 3 rings (SSSR count). The van der Waals surface area contributed by atoms with E-state index in [1.807, 2.05) is 18.2 Å². The van der Waals surface area contributed by atoms with Crippen LogP contribution in [0.4, 0.5) is 0 Å². The molecular weight excluding hydrogens is 380 g/mol. The largest absolute Gasteiger partial charge is 0.493 e. The van der Waals surface area contributed by atoms with Crippen molar-refractivity contribution in [3.05, 3.63) is 59.3 Å². The lowest BCUT2D eigenvalue weighted by molar-refractivity contribution is -0.109. The number of aromatic nitrogens is 1. The van der Waals surface area contributed by atoms with Gasteiger partial charge in [-0.2, -0.15) is 0 Å². The van der Waals surface area contributed by atoms with Gasteiger partial charge in [0.25, 0.3) is 0 Å². The summed E-state index contributed by atoms with van der Waals surface area (Å²) in [6, 6.07) is 12.4. The van der Waals surface area contributed by atoms with Crippen LogP contribution < -0.4 is 14.8 Å². The summed E-state index contributed by atoms with van der Waals surface area (Å²) in [4.78, 5) is 14.1. The Balaban J connectivity index is 1.89. The van der Waals surface area contributed by atoms with Crippen molar-refractivity contribution in [2.24, 2.45) is 0 Å². The van der Waals surface area contributed by atoms with E-state index in [-0.39, 0.29) is 5.92 Å². The molecule has 0 unspecified atom stereocenters. The first-order valence-corrected chi connectivity index (χ1v) is 10.2. The second kappa shape index (κ2) is 10.7. The van der Waals surface area contributed by atoms with Crippen LogP contribution in [0.2, 0.25) is 0 Å². The second-order valence-electron chi connectivity index (χ2n) is 7.28. The highest BCUT2D eigenvalue weighted by Crippen LogP contribution is 2.36. The monoisotopic (exact) mass is 410 g/mol. The van der Waals surface area contributed by atoms with Crippen molar-refractivity contribution in [1.82, 2.24) is 10.3 Å². The van der Waals surface area contributed by atoms with Crippen LogP contribution in [0.1, 0.15) is 29.0 Å². The van der Waals surface area contributed by atoms with Gasteiger partial charge in [0, 0.05) is 36.7 Å². The van der Waals surface area contributed by atoms with Crippen LogP contribution in [0, 0.1) is 0 Å². The van der Waals surface area contributed by atoms with Crippen molar-refractivity contribution < 1.29 is 19.0 Å². The summed E-state index contributed by atoms with van der Waals surface area (Å²) in [6.07, 6.45) is 5.39. The number of carbonyl (C=O) groups is 1. The summed E-state index contributed by atoms with van der Waals surface area (Å²) in [5.41, 5.74) is 4.75. The van der Waals surface area contributed by atoms with Gasteiger partial charge in [0.2, 0.25) is 6.41 Å². The Kier molecular flexibility index (Phi) is 7.74. The van der Waals surface area contributed by atoms with Gasteiger partial charge in [-0.1, -0.05) is 18.2 Å². The van der Waals surface area contributed by atoms with Gasteiger partial charge in [0.05, 0.1) is 20.8 Å². The van der Waals surface area contributed by atoms with E-state index in [1.54, 1.807) is 21.3 Å². The number of benzene rings is 2. The number of para-hydroxylation sites is 1. The van der Waals surface area contributed by atoms with Gasteiger partial charge >= 0.3 is 0 Å². The van der Waals surface area contributed by atoms with Crippen molar-refractivity contribution in [1.29, 1.82) is 0 Å². The third-order valence-electron chi connectivity index (χ3n) is 5.51. The van der Waals surface area contributed by atoms with E-state index in [0.29, 0.717) is 31.1 Å². The van der Waals surface area contributed by atoms with Gasteiger partial charge in [0.15, 0.2) is 11.5 Å². The van der Waals surface area contributed by atoms with E-state index in [2.05, 4.69) is 34.7 Å². The van der Waals surface area contributed by atoms with Gasteiger partial charge in [-0.15, -0.1) is 0 Å². The molecule has 0 bridgehead atoms. The minimum atomic E-state index is 0.190. The molecule has 0 aliphatic carbocycles. The number of aromatic amines is 1. The second-order valence-corrected chi connectivity index (χ2v) is 7.28. The van der Waals surface area contributed by atoms with Crippen LogP contribution in [0.15, 0.2) is 42.6 Å². The number of fused-ring (bicyclic) bond motifs is 1. The Morgan fingerprint density at radius 3 is 2.53 bits per heavy atom. The first-order valence-electron chi connectivity index (χ1n) is 10.2. The van der Waals surface area contributed by atoms with E-state index < -0.39 is 0 Å². The van der Waals surface area contributed by atoms with Crippen LogP contribution in [-0.4, -0.2) is 45.9 Å². The Hall–Kier alpha value is -2.99. The lowest BCUT2D eigenvalue weighted by Crippen LogP contribution is -2.17. The minimum Gasteiger partial charge on any atom is -0.493 e. The van der Waals surface area contributed by atoms with E-state index in [4.69, 9.17) is 14.2 Å². The number of H-pyrrole nitrogens is 1. The van der Waals surface area contributed by atoms with Crippen LogP contribution in [0.25, 0.3) is 10.9 Å². The summed E-state index contributed by atoms with van der Waals surface area (Å²) in [6.45, 7) is 1.17. The number of amides is 1. The Bertz CT molecular complexity index is 967. The fourth-order valence-corrected chi connectivity index (χ4v) is 4.00. The molecule has 160 valence electrons.